The predicted molar refractivity (Wildman–Crippen MR) is 133 cm³/mol. The molecule has 0 bridgehead atoms. The van der Waals surface area contributed by atoms with E-state index in [1.807, 2.05) is 36.4 Å². The zero-order chi connectivity index (χ0) is 22.7. The number of hydrogen-bond donors (Lipinski definition) is 1. The molecule has 0 aromatic heterocycles. The van der Waals surface area contributed by atoms with Gasteiger partial charge >= 0.3 is 0 Å². The standard InChI is InChI=1S/C29H32N2O2/c32-22-21-31-27-14-8-7-13-26(27)29(28(31)33,25-11-5-2-6-12-25)17-20-30-18-15-24(16-19-30)23-9-3-1-4-10-23/h1-14,24,32H,15-22H2. The highest BCUT2D eigenvalue weighted by atomic mass is 16.3. The Morgan fingerprint density at radius 1 is 0.818 bits per heavy atom. The average Bonchev–Trinajstić information content (AvgIpc) is 3.12. The van der Waals surface area contributed by atoms with Crippen molar-refractivity contribution in [2.24, 2.45) is 0 Å². The van der Waals surface area contributed by atoms with Gasteiger partial charge in [0.1, 0.15) is 5.41 Å². The topological polar surface area (TPSA) is 43.8 Å². The minimum Gasteiger partial charge on any atom is -0.395 e. The smallest absolute Gasteiger partial charge is 0.242 e. The van der Waals surface area contributed by atoms with Crippen LogP contribution in [0.2, 0.25) is 0 Å². The number of amides is 1. The van der Waals surface area contributed by atoms with Crippen molar-refractivity contribution >= 4 is 11.6 Å². The summed E-state index contributed by atoms with van der Waals surface area (Å²) in [5.41, 5.74) is 3.78. The van der Waals surface area contributed by atoms with E-state index < -0.39 is 5.41 Å². The van der Waals surface area contributed by atoms with Gasteiger partial charge in [0.15, 0.2) is 0 Å². The number of piperidine rings is 1. The van der Waals surface area contributed by atoms with Crippen LogP contribution in [0.25, 0.3) is 0 Å². The van der Waals surface area contributed by atoms with Gasteiger partial charge in [-0.05, 0) is 67.6 Å². The molecule has 0 radical (unpaired) electrons. The molecular weight excluding hydrogens is 408 g/mol. The third-order valence-electron chi connectivity index (χ3n) is 7.52. The molecular formula is C29H32N2O2. The monoisotopic (exact) mass is 440 g/mol. The third-order valence-corrected chi connectivity index (χ3v) is 7.52. The number of likely N-dealkylation sites (tertiary alicyclic amines) is 1. The number of carbonyl (C=O) groups is 1. The van der Waals surface area contributed by atoms with Crippen LogP contribution in [0, 0.1) is 0 Å². The molecule has 33 heavy (non-hydrogen) atoms. The van der Waals surface area contributed by atoms with E-state index in [9.17, 15) is 9.90 Å². The lowest BCUT2D eigenvalue weighted by molar-refractivity contribution is -0.122. The van der Waals surface area contributed by atoms with Crippen molar-refractivity contribution in [1.82, 2.24) is 4.90 Å². The Morgan fingerprint density at radius 2 is 1.45 bits per heavy atom. The second-order valence-electron chi connectivity index (χ2n) is 9.25. The van der Waals surface area contributed by atoms with E-state index in [1.54, 1.807) is 4.90 Å². The molecule has 2 aliphatic rings. The first-order chi connectivity index (χ1) is 16.2. The number of anilines is 1. The largest absolute Gasteiger partial charge is 0.395 e. The number of fused-ring (bicyclic) bond motifs is 1. The molecule has 0 saturated carbocycles. The fraction of sp³-hybridized carbons (Fsp3) is 0.345. The van der Waals surface area contributed by atoms with Crippen LogP contribution in [0.5, 0.6) is 0 Å². The van der Waals surface area contributed by atoms with Gasteiger partial charge in [-0.15, -0.1) is 0 Å². The Hall–Kier alpha value is -2.95. The summed E-state index contributed by atoms with van der Waals surface area (Å²) in [5, 5.41) is 9.66. The van der Waals surface area contributed by atoms with E-state index >= 15 is 0 Å². The fourth-order valence-electron chi connectivity index (χ4n) is 5.78. The average molecular weight is 441 g/mol. The van der Waals surface area contributed by atoms with Gasteiger partial charge in [0.25, 0.3) is 0 Å². The minimum absolute atomic E-state index is 0.0437. The number of hydrogen-bond acceptors (Lipinski definition) is 3. The van der Waals surface area contributed by atoms with E-state index in [0.29, 0.717) is 12.5 Å². The quantitative estimate of drug-likeness (QED) is 0.585. The maximum atomic E-state index is 14.0. The van der Waals surface area contributed by atoms with Crippen LogP contribution in [-0.2, 0) is 10.2 Å². The van der Waals surface area contributed by atoms with Gasteiger partial charge in [0.05, 0.1) is 6.61 Å². The Balaban J connectivity index is 1.40. The maximum absolute atomic E-state index is 14.0. The normalized spacial score (nSPS) is 21.4. The van der Waals surface area contributed by atoms with Gasteiger partial charge in [-0.2, -0.15) is 0 Å². The van der Waals surface area contributed by atoms with Crippen LogP contribution in [0.3, 0.4) is 0 Å². The SMILES string of the molecule is O=C1N(CCO)c2ccccc2C1(CCN1CCC(c2ccccc2)CC1)c1ccccc1. The molecule has 1 N–H and O–H groups in total. The highest BCUT2D eigenvalue weighted by molar-refractivity contribution is 6.10. The second kappa shape index (κ2) is 9.50. The van der Waals surface area contributed by atoms with Crippen LogP contribution >= 0.6 is 0 Å². The van der Waals surface area contributed by atoms with Crippen molar-refractivity contribution < 1.29 is 9.90 Å². The summed E-state index contributed by atoms with van der Waals surface area (Å²) < 4.78 is 0. The lowest BCUT2D eigenvalue weighted by Crippen LogP contribution is -2.45. The molecule has 2 aliphatic heterocycles. The fourth-order valence-corrected chi connectivity index (χ4v) is 5.78. The van der Waals surface area contributed by atoms with Crippen molar-refractivity contribution in [1.29, 1.82) is 0 Å². The van der Waals surface area contributed by atoms with Gasteiger partial charge in [-0.25, -0.2) is 0 Å². The maximum Gasteiger partial charge on any atom is 0.242 e. The first-order valence-corrected chi connectivity index (χ1v) is 12.1. The molecule has 1 unspecified atom stereocenters. The molecule has 4 heteroatoms. The number of para-hydroxylation sites is 1. The Kier molecular flexibility index (Phi) is 6.30. The third kappa shape index (κ3) is 3.98. The summed E-state index contributed by atoms with van der Waals surface area (Å²) >= 11 is 0. The van der Waals surface area contributed by atoms with E-state index in [2.05, 4.69) is 53.4 Å². The van der Waals surface area contributed by atoms with Crippen molar-refractivity contribution in [3.8, 4) is 0 Å². The molecule has 1 fully saturated rings. The predicted octanol–water partition coefficient (Wildman–Crippen LogP) is 4.58. The lowest BCUT2D eigenvalue weighted by Gasteiger charge is -2.36. The van der Waals surface area contributed by atoms with Crippen molar-refractivity contribution in [2.45, 2.75) is 30.6 Å². The molecule has 0 spiro atoms. The summed E-state index contributed by atoms with van der Waals surface area (Å²) in [4.78, 5) is 18.3. The molecule has 2 heterocycles. The number of rotatable bonds is 7. The molecule has 3 aromatic rings. The Labute approximate surface area is 196 Å². The van der Waals surface area contributed by atoms with Crippen molar-refractivity contribution in [2.75, 3.05) is 37.7 Å². The van der Waals surface area contributed by atoms with Gasteiger partial charge in [0.2, 0.25) is 5.91 Å². The molecule has 3 aromatic carbocycles. The van der Waals surface area contributed by atoms with E-state index in [4.69, 9.17) is 0 Å². The number of carbonyl (C=O) groups excluding carboxylic acids is 1. The summed E-state index contributed by atoms with van der Waals surface area (Å²) in [7, 11) is 0. The summed E-state index contributed by atoms with van der Waals surface area (Å²) in [6.45, 7) is 3.27. The molecule has 170 valence electrons. The second-order valence-corrected chi connectivity index (χ2v) is 9.25. The lowest BCUT2D eigenvalue weighted by atomic mass is 9.72. The van der Waals surface area contributed by atoms with E-state index in [1.165, 1.54) is 5.56 Å². The van der Waals surface area contributed by atoms with Crippen molar-refractivity contribution in [3.05, 3.63) is 102 Å². The summed E-state index contributed by atoms with van der Waals surface area (Å²) in [5.74, 6) is 0.711. The van der Waals surface area contributed by atoms with Crippen molar-refractivity contribution in [3.63, 3.8) is 0 Å². The van der Waals surface area contributed by atoms with Gasteiger partial charge in [0, 0.05) is 12.2 Å². The summed E-state index contributed by atoms with van der Waals surface area (Å²) in [6, 6.07) is 29.2. The molecule has 1 amide bonds. The number of β-amino-alcohol motifs (C(OH)–C–C–N with tert-alkyl or cyclic N) is 1. The molecule has 1 saturated heterocycles. The molecule has 1 atom stereocenters. The molecule has 0 aliphatic carbocycles. The molecule has 5 rings (SSSR count). The number of aliphatic hydroxyl groups is 1. The first kappa shape index (κ1) is 21.9. The zero-order valence-corrected chi connectivity index (χ0v) is 19.1. The van der Waals surface area contributed by atoms with Crippen LogP contribution in [-0.4, -0.2) is 48.7 Å². The Morgan fingerprint density at radius 3 is 2.15 bits per heavy atom. The van der Waals surface area contributed by atoms with Gasteiger partial charge in [-0.3, -0.25) is 4.79 Å². The zero-order valence-electron chi connectivity index (χ0n) is 19.1. The number of benzene rings is 3. The van der Waals surface area contributed by atoms with E-state index in [0.717, 1.165) is 55.7 Å². The van der Waals surface area contributed by atoms with Crippen LogP contribution in [0.15, 0.2) is 84.9 Å². The highest BCUT2D eigenvalue weighted by Gasteiger charge is 2.51. The number of nitrogens with zero attached hydrogens (tertiary/aromatic N) is 2. The minimum atomic E-state index is -0.705. The van der Waals surface area contributed by atoms with Crippen LogP contribution in [0.1, 0.15) is 41.9 Å². The Bertz CT molecular complexity index is 1080. The van der Waals surface area contributed by atoms with Gasteiger partial charge < -0.3 is 14.9 Å². The van der Waals surface area contributed by atoms with Crippen LogP contribution < -0.4 is 4.90 Å². The van der Waals surface area contributed by atoms with Crippen LogP contribution in [0.4, 0.5) is 5.69 Å². The van der Waals surface area contributed by atoms with E-state index in [-0.39, 0.29) is 12.5 Å². The first-order valence-electron chi connectivity index (χ1n) is 12.1. The highest BCUT2D eigenvalue weighted by Crippen LogP contribution is 2.48. The molecule has 4 nitrogen and oxygen atoms in total. The summed E-state index contributed by atoms with van der Waals surface area (Å²) in [6.07, 6.45) is 3.05. The number of aliphatic hydroxyl groups excluding tert-OH is 1. The van der Waals surface area contributed by atoms with Gasteiger partial charge in [-0.1, -0.05) is 78.9 Å².